The van der Waals surface area contributed by atoms with E-state index in [1.165, 1.54) is 0 Å². The first-order valence-corrected chi connectivity index (χ1v) is 10.2. The van der Waals surface area contributed by atoms with Crippen molar-refractivity contribution in [2.45, 2.75) is 12.8 Å². The van der Waals surface area contributed by atoms with Crippen LogP contribution in [0.15, 0.2) is 77.6 Å². The van der Waals surface area contributed by atoms with Gasteiger partial charge in [-0.3, -0.25) is 4.98 Å². The summed E-state index contributed by atoms with van der Waals surface area (Å²) in [5, 5.41) is 9.81. The number of amides is 2. The van der Waals surface area contributed by atoms with Gasteiger partial charge in [-0.05, 0) is 47.9 Å². The molecule has 0 spiro atoms. The maximum atomic E-state index is 12.4. The van der Waals surface area contributed by atoms with Gasteiger partial charge in [0.05, 0.1) is 13.5 Å². The molecule has 162 valence electrons. The summed E-state index contributed by atoms with van der Waals surface area (Å²) >= 11 is 0. The van der Waals surface area contributed by atoms with E-state index < -0.39 is 0 Å². The zero-order chi connectivity index (χ0) is 22.2. The molecule has 4 aromatic rings. The molecule has 0 unspecified atom stereocenters. The molecule has 2 amide bonds. The van der Waals surface area contributed by atoms with E-state index in [1.807, 2.05) is 60.7 Å². The minimum atomic E-state index is -0.271. The first kappa shape index (κ1) is 21.0. The third-order valence-electron chi connectivity index (χ3n) is 4.85. The third kappa shape index (κ3) is 5.48. The maximum absolute atomic E-state index is 12.4. The smallest absolute Gasteiger partial charge is 0.319 e. The second-order valence-electron chi connectivity index (χ2n) is 7.07. The number of pyridine rings is 1. The minimum absolute atomic E-state index is 0.271. The van der Waals surface area contributed by atoms with Gasteiger partial charge in [-0.1, -0.05) is 35.5 Å². The number of ether oxygens (including phenoxy) is 1. The standard InChI is InChI=1S/C24H23N5O3/c1-31-20-10-8-17(9-11-20)12-14-26-24(30)27-21-7-3-2-5-18(21)15-22-28-23(29-32-22)19-6-4-13-25-16-19/h2-11,13,16H,12,14-15H2,1H3,(H2,26,27,30). The number of nitrogens with one attached hydrogen (secondary N) is 2. The van der Waals surface area contributed by atoms with Crippen molar-refractivity contribution in [1.29, 1.82) is 0 Å². The van der Waals surface area contributed by atoms with Gasteiger partial charge in [0, 0.05) is 30.2 Å². The number of benzene rings is 2. The summed E-state index contributed by atoms with van der Waals surface area (Å²) in [5.74, 6) is 1.75. The molecule has 0 atom stereocenters. The quantitative estimate of drug-likeness (QED) is 0.437. The number of hydrogen-bond acceptors (Lipinski definition) is 6. The lowest BCUT2D eigenvalue weighted by Crippen LogP contribution is -2.30. The van der Waals surface area contributed by atoms with E-state index in [1.54, 1.807) is 19.5 Å². The summed E-state index contributed by atoms with van der Waals surface area (Å²) in [6.07, 6.45) is 4.49. The molecule has 2 heterocycles. The van der Waals surface area contributed by atoms with Crippen molar-refractivity contribution >= 4 is 11.7 Å². The van der Waals surface area contributed by atoms with E-state index in [-0.39, 0.29) is 6.03 Å². The van der Waals surface area contributed by atoms with Crippen LogP contribution in [0.2, 0.25) is 0 Å². The molecular formula is C24H23N5O3. The number of aromatic nitrogens is 3. The largest absolute Gasteiger partial charge is 0.497 e. The van der Waals surface area contributed by atoms with Crippen molar-refractivity contribution in [3.63, 3.8) is 0 Å². The highest BCUT2D eigenvalue weighted by Crippen LogP contribution is 2.20. The zero-order valence-corrected chi connectivity index (χ0v) is 17.6. The van der Waals surface area contributed by atoms with Crippen molar-refractivity contribution in [2.75, 3.05) is 19.0 Å². The summed E-state index contributed by atoms with van der Waals surface area (Å²) in [4.78, 5) is 20.9. The molecule has 2 aromatic heterocycles. The fourth-order valence-electron chi connectivity index (χ4n) is 3.18. The van der Waals surface area contributed by atoms with Crippen LogP contribution >= 0.6 is 0 Å². The van der Waals surface area contributed by atoms with Crippen LogP contribution in [0.25, 0.3) is 11.4 Å². The normalized spacial score (nSPS) is 10.5. The summed E-state index contributed by atoms with van der Waals surface area (Å²) in [6.45, 7) is 0.512. The van der Waals surface area contributed by atoms with Gasteiger partial charge < -0.3 is 19.9 Å². The van der Waals surface area contributed by atoms with E-state index in [4.69, 9.17) is 9.26 Å². The fraction of sp³-hybridized carbons (Fsp3) is 0.167. The van der Waals surface area contributed by atoms with Gasteiger partial charge in [-0.15, -0.1) is 0 Å². The Balaban J connectivity index is 1.34. The van der Waals surface area contributed by atoms with Gasteiger partial charge in [0.15, 0.2) is 0 Å². The summed E-state index contributed by atoms with van der Waals surface area (Å²) in [7, 11) is 1.64. The number of rotatable bonds is 8. The zero-order valence-electron chi connectivity index (χ0n) is 17.6. The second kappa shape index (κ2) is 10.2. The average molecular weight is 429 g/mol. The molecule has 0 saturated heterocycles. The summed E-state index contributed by atoms with van der Waals surface area (Å²) in [5.41, 5.74) is 3.47. The van der Waals surface area contributed by atoms with Crippen LogP contribution in [0.1, 0.15) is 17.0 Å². The number of hydrogen-bond donors (Lipinski definition) is 2. The van der Waals surface area contributed by atoms with Gasteiger partial charge in [0.25, 0.3) is 0 Å². The Morgan fingerprint density at radius 2 is 1.91 bits per heavy atom. The van der Waals surface area contributed by atoms with E-state index in [0.717, 1.165) is 28.9 Å². The van der Waals surface area contributed by atoms with Crippen LogP contribution in [0.5, 0.6) is 5.75 Å². The Hall–Kier alpha value is -4.20. The highest BCUT2D eigenvalue weighted by Gasteiger charge is 2.12. The third-order valence-corrected chi connectivity index (χ3v) is 4.85. The van der Waals surface area contributed by atoms with E-state index in [0.29, 0.717) is 30.4 Å². The monoisotopic (exact) mass is 429 g/mol. The highest BCUT2D eigenvalue weighted by molar-refractivity contribution is 5.90. The lowest BCUT2D eigenvalue weighted by Gasteiger charge is -2.11. The Labute approximate surface area is 185 Å². The Morgan fingerprint density at radius 1 is 1.06 bits per heavy atom. The summed E-state index contributed by atoms with van der Waals surface area (Å²) < 4.78 is 10.5. The topological polar surface area (TPSA) is 102 Å². The van der Waals surface area contributed by atoms with Gasteiger partial charge >= 0.3 is 6.03 Å². The SMILES string of the molecule is COc1ccc(CCNC(=O)Nc2ccccc2Cc2nc(-c3cccnc3)no2)cc1. The van der Waals surface area contributed by atoms with E-state index in [9.17, 15) is 4.79 Å². The molecule has 32 heavy (non-hydrogen) atoms. The van der Waals surface area contributed by atoms with Crippen molar-refractivity contribution in [2.24, 2.45) is 0 Å². The molecule has 0 bridgehead atoms. The van der Waals surface area contributed by atoms with Gasteiger partial charge in [0.2, 0.25) is 11.7 Å². The number of carbonyl (C=O) groups excluding carboxylic acids is 1. The number of urea groups is 1. The molecule has 0 radical (unpaired) electrons. The lowest BCUT2D eigenvalue weighted by molar-refractivity contribution is 0.252. The van der Waals surface area contributed by atoms with Crippen LogP contribution in [0.4, 0.5) is 10.5 Å². The molecule has 0 saturated carbocycles. The van der Waals surface area contributed by atoms with E-state index >= 15 is 0 Å². The first-order valence-electron chi connectivity index (χ1n) is 10.2. The van der Waals surface area contributed by atoms with Crippen LogP contribution in [0, 0.1) is 0 Å². The van der Waals surface area contributed by atoms with Crippen LogP contribution < -0.4 is 15.4 Å². The molecule has 0 aliphatic heterocycles. The number of methoxy groups -OCH3 is 1. The lowest BCUT2D eigenvalue weighted by atomic mass is 10.1. The van der Waals surface area contributed by atoms with Crippen LogP contribution in [0.3, 0.4) is 0 Å². The number of carbonyl (C=O) groups is 1. The Kier molecular flexibility index (Phi) is 6.72. The molecule has 0 aliphatic carbocycles. The predicted octanol–water partition coefficient (Wildman–Crippen LogP) is 4.10. The van der Waals surface area contributed by atoms with Crippen LogP contribution in [-0.2, 0) is 12.8 Å². The van der Waals surface area contributed by atoms with E-state index in [2.05, 4.69) is 25.8 Å². The number of anilines is 1. The van der Waals surface area contributed by atoms with Gasteiger partial charge in [0.1, 0.15) is 5.75 Å². The van der Waals surface area contributed by atoms with Gasteiger partial charge in [-0.25, -0.2) is 4.79 Å². The minimum Gasteiger partial charge on any atom is -0.497 e. The average Bonchev–Trinajstić information content (AvgIpc) is 3.30. The number of para-hydroxylation sites is 1. The molecule has 0 fully saturated rings. The molecule has 2 aromatic carbocycles. The second-order valence-corrected chi connectivity index (χ2v) is 7.07. The van der Waals surface area contributed by atoms with Crippen molar-refractivity contribution in [1.82, 2.24) is 20.4 Å². The Morgan fingerprint density at radius 3 is 2.69 bits per heavy atom. The number of nitrogens with zero attached hydrogens (tertiary/aromatic N) is 3. The van der Waals surface area contributed by atoms with Crippen molar-refractivity contribution in [3.8, 4) is 17.1 Å². The van der Waals surface area contributed by atoms with Gasteiger partial charge in [-0.2, -0.15) is 4.98 Å². The van der Waals surface area contributed by atoms with Crippen molar-refractivity contribution < 1.29 is 14.1 Å². The Bertz CT molecular complexity index is 1160. The summed E-state index contributed by atoms with van der Waals surface area (Å²) in [6, 6.07) is 18.7. The first-order chi connectivity index (χ1) is 15.7. The molecule has 8 nitrogen and oxygen atoms in total. The van der Waals surface area contributed by atoms with Crippen LogP contribution in [-0.4, -0.2) is 34.8 Å². The van der Waals surface area contributed by atoms with Crippen molar-refractivity contribution in [3.05, 3.63) is 90.1 Å². The highest BCUT2D eigenvalue weighted by atomic mass is 16.5. The molecule has 8 heteroatoms. The molecule has 0 aliphatic rings. The molecule has 4 rings (SSSR count). The molecule has 2 N–H and O–H groups in total. The fourth-order valence-corrected chi connectivity index (χ4v) is 3.18. The maximum Gasteiger partial charge on any atom is 0.319 e. The molecular weight excluding hydrogens is 406 g/mol. The predicted molar refractivity (Wildman–Crippen MR) is 120 cm³/mol.